The minimum Gasteiger partial charge on any atom is -0.457 e. The molecule has 1 atom stereocenters. The Labute approximate surface area is 202 Å². The van der Waals surface area contributed by atoms with Gasteiger partial charge in [-0.05, 0) is 49.7 Å². The number of rotatable bonds is 7. The topological polar surface area (TPSA) is 114 Å². The van der Waals surface area contributed by atoms with Crippen LogP contribution in [0.4, 0.5) is 17.5 Å². The number of aliphatic hydroxyl groups is 1. The van der Waals surface area contributed by atoms with Gasteiger partial charge in [-0.2, -0.15) is 0 Å². The molecule has 5 aromatic rings. The SMILES string of the molecule is Cc1cc(Nc2ncnc3cnc(N(C)C[C@@H](C)O)nc23)ccc1Oc1ccc2c(c1)ncn2C. The minimum atomic E-state index is -0.501. The molecule has 0 amide bonds. The van der Waals surface area contributed by atoms with Gasteiger partial charge < -0.3 is 24.6 Å². The summed E-state index contributed by atoms with van der Waals surface area (Å²) in [5.74, 6) is 2.54. The van der Waals surface area contributed by atoms with Crippen LogP contribution in [0.5, 0.6) is 11.5 Å². The lowest BCUT2D eigenvalue weighted by molar-refractivity contribution is 0.201. The molecule has 0 bridgehead atoms. The van der Waals surface area contributed by atoms with Crippen LogP contribution in [-0.2, 0) is 7.05 Å². The second-order valence-electron chi connectivity index (χ2n) is 8.57. The summed E-state index contributed by atoms with van der Waals surface area (Å²) >= 11 is 0. The number of fused-ring (bicyclic) bond motifs is 2. The standard InChI is InChI=1S/C25H26N8O2/c1-15-9-17(5-8-22(15)35-18-6-7-21-19(10-18)29-14-33(21)4)30-24-23-20(27-13-28-24)11-26-25(31-23)32(3)12-16(2)34/h5-11,13-14,16,34H,12H2,1-4H3,(H,27,28,30)/t16-/m1/s1. The van der Waals surface area contributed by atoms with Gasteiger partial charge in [0.25, 0.3) is 0 Å². The van der Waals surface area contributed by atoms with Crippen molar-refractivity contribution in [1.82, 2.24) is 29.5 Å². The number of hydrogen-bond acceptors (Lipinski definition) is 9. The number of nitrogens with zero attached hydrogens (tertiary/aromatic N) is 7. The first kappa shape index (κ1) is 22.5. The molecule has 0 radical (unpaired) electrons. The highest BCUT2D eigenvalue weighted by atomic mass is 16.5. The average Bonchev–Trinajstić information content (AvgIpc) is 3.20. The number of nitrogens with one attached hydrogen (secondary N) is 1. The maximum atomic E-state index is 9.69. The van der Waals surface area contributed by atoms with E-state index in [1.807, 2.05) is 62.0 Å². The summed E-state index contributed by atoms with van der Waals surface area (Å²) < 4.78 is 8.10. The third kappa shape index (κ3) is 4.69. The van der Waals surface area contributed by atoms with Crippen molar-refractivity contribution in [3.63, 3.8) is 0 Å². The molecular weight excluding hydrogens is 444 g/mol. The second-order valence-corrected chi connectivity index (χ2v) is 8.57. The highest BCUT2D eigenvalue weighted by molar-refractivity contribution is 5.87. The number of aliphatic hydroxyl groups excluding tert-OH is 1. The first-order valence-corrected chi connectivity index (χ1v) is 11.2. The summed E-state index contributed by atoms with van der Waals surface area (Å²) in [4.78, 5) is 23.8. The molecule has 178 valence electrons. The molecule has 2 aromatic carbocycles. The highest BCUT2D eigenvalue weighted by Crippen LogP contribution is 2.30. The van der Waals surface area contributed by atoms with E-state index in [0.717, 1.165) is 33.8 Å². The monoisotopic (exact) mass is 470 g/mol. The van der Waals surface area contributed by atoms with Crippen molar-refractivity contribution in [1.29, 1.82) is 0 Å². The van der Waals surface area contributed by atoms with E-state index in [-0.39, 0.29) is 0 Å². The van der Waals surface area contributed by atoms with E-state index < -0.39 is 6.10 Å². The van der Waals surface area contributed by atoms with E-state index in [9.17, 15) is 5.11 Å². The Morgan fingerprint density at radius 2 is 1.94 bits per heavy atom. The van der Waals surface area contributed by atoms with Gasteiger partial charge in [0.05, 0.1) is 29.7 Å². The quantitative estimate of drug-likeness (QED) is 0.365. The van der Waals surface area contributed by atoms with E-state index in [4.69, 9.17) is 4.74 Å². The van der Waals surface area contributed by atoms with Gasteiger partial charge in [0.1, 0.15) is 28.9 Å². The average molecular weight is 471 g/mol. The molecule has 3 heterocycles. The second kappa shape index (κ2) is 9.15. The summed E-state index contributed by atoms with van der Waals surface area (Å²) in [7, 11) is 3.80. The van der Waals surface area contributed by atoms with E-state index in [1.165, 1.54) is 6.33 Å². The number of aryl methyl sites for hydroxylation is 2. The van der Waals surface area contributed by atoms with Crippen molar-refractivity contribution in [3.05, 3.63) is 60.8 Å². The van der Waals surface area contributed by atoms with E-state index in [1.54, 1.807) is 24.3 Å². The minimum absolute atomic E-state index is 0.413. The van der Waals surface area contributed by atoms with Gasteiger partial charge in [0, 0.05) is 32.4 Å². The lowest BCUT2D eigenvalue weighted by Gasteiger charge is -2.19. The Morgan fingerprint density at radius 1 is 1.09 bits per heavy atom. The number of anilines is 3. The van der Waals surface area contributed by atoms with Crippen LogP contribution in [0, 0.1) is 6.92 Å². The van der Waals surface area contributed by atoms with Gasteiger partial charge in [0.2, 0.25) is 5.95 Å². The van der Waals surface area contributed by atoms with Gasteiger partial charge in [-0.3, -0.25) is 0 Å². The van der Waals surface area contributed by atoms with Crippen LogP contribution in [-0.4, -0.2) is 54.3 Å². The Bertz CT molecular complexity index is 1510. The van der Waals surface area contributed by atoms with E-state index in [2.05, 4.69) is 30.2 Å². The zero-order chi connectivity index (χ0) is 24.5. The molecule has 10 heteroatoms. The maximum Gasteiger partial charge on any atom is 0.225 e. The molecule has 0 saturated heterocycles. The van der Waals surface area contributed by atoms with Crippen LogP contribution in [0.25, 0.3) is 22.1 Å². The molecule has 0 saturated carbocycles. The fourth-order valence-electron chi connectivity index (χ4n) is 3.88. The molecule has 2 N–H and O–H groups in total. The lowest BCUT2D eigenvalue weighted by Crippen LogP contribution is -2.28. The normalized spacial score (nSPS) is 12.1. The van der Waals surface area contributed by atoms with Gasteiger partial charge in [-0.15, -0.1) is 0 Å². The first-order chi connectivity index (χ1) is 16.9. The third-order valence-electron chi connectivity index (χ3n) is 5.61. The number of benzene rings is 2. The maximum absolute atomic E-state index is 9.69. The largest absolute Gasteiger partial charge is 0.457 e. The number of imidazole rings is 1. The molecule has 0 aliphatic rings. The summed E-state index contributed by atoms with van der Waals surface area (Å²) in [6.45, 7) is 4.12. The Balaban J connectivity index is 1.39. The fraction of sp³-hybridized carbons (Fsp3) is 0.240. The summed E-state index contributed by atoms with van der Waals surface area (Å²) in [5.41, 5.74) is 4.95. The number of likely N-dealkylation sites (N-methyl/N-ethyl adjacent to an activating group) is 1. The van der Waals surface area contributed by atoms with Crippen molar-refractivity contribution >= 4 is 39.5 Å². The molecule has 0 spiro atoms. The summed E-state index contributed by atoms with van der Waals surface area (Å²) in [5, 5.41) is 13.0. The smallest absolute Gasteiger partial charge is 0.225 e. The molecule has 10 nitrogen and oxygen atoms in total. The number of ether oxygens (including phenoxy) is 1. The predicted octanol–water partition coefficient (Wildman–Crippen LogP) is 3.97. The Morgan fingerprint density at radius 3 is 2.74 bits per heavy atom. The van der Waals surface area contributed by atoms with Gasteiger partial charge in [0.15, 0.2) is 5.82 Å². The van der Waals surface area contributed by atoms with Crippen molar-refractivity contribution in [2.24, 2.45) is 7.05 Å². The fourth-order valence-corrected chi connectivity index (χ4v) is 3.88. The van der Waals surface area contributed by atoms with Crippen molar-refractivity contribution in [2.75, 3.05) is 23.8 Å². The van der Waals surface area contributed by atoms with Crippen molar-refractivity contribution < 1.29 is 9.84 Å². The Kier molecular flexibility index (Phi) is 5.87. The molecular formula is C25H26N8O2. The molecule has 0 aliphatic heterocycles. The van der Waals surface area contributed by atoms with Crippen LogP contribution in [0.2, 0.25) is 0 Å². The van der Waals surface area contributed by atoms with Crippen LogP contribution in [0.15, 0.2) is 55.2 Å². The molecule has 3 aromatic heterocycles. The van der Waals surface area contributed by atoms with Gasteiger partial charge in [-0.1, -0.05) is 0 Å². The van der Waals surface area contributed by atoms with Crippen molar-refractivity contribution in [2.45, 2.75) is 20.0 Å². The van der Waals surface area contributed by atoms with E-state index >= 15 is 0 Å². The first-order valence-electron chi connectivity index (χ1n) is 11.2. The van der Waals surface area contributed by atoms with Crippen LogP contribution >= 0.6 is 0 Å². The summed E-state index contributed by atoms with van der Waals surface area (Å²) in [6, 6.07) is 11.7. The highest BCUT2D eigenvalue weighted by Gasteiger charge is 2.13. The Hall–Kier alpha value is -4.31. The third-order valence-corrected chi connectivity index (χ3v) is 5.61. The number of hydrogen-bond donors (Lipinski definition) is 2. The molecule has 0 unspecified atom stereocenters. The molecule has 0 fully saturated rings. The van der Waals surface area contributed by atoms with Crippen molar-refractivity contribution in [3.8, 4) is 11.5 Å². The van der Waals surface area contributed by atoms with Crippen LogP contribution in [0.3, 0.4) is 0 Å². The van der Waals surface area contributed by atoms with Crippen LogP contribution in [0.1, 0.15) is 12.5 Å². The zero-order valence-corrected chi connectivity index (χ0v) is 20.0. The molecule has 35 heavy (non-hydrogen) atoms. The van der Waals surface area contributed by atoms with Crippen LogP contribution < -0.4 is 15.0 Å². The van der Waals surface area contributed by atoms with E-state index in [0.29, 0.717) is 29.3 Å². The predicted molar refractivity (Wildman–Crippen MR) is 135 cm³/mol. The molecule has 0 aliphatic carbocycles. The zero-order valence-electron chi connectivity index (χ0n) is 20.0. The van der Waals surface area contributed by atoms with Gasteiger partial charge in [-0.25, -0.2) is 24.9 Å². The molecule has 5 rings (SSSR count). The lowest BCUT2D eigenvalue weighted by atomic mass is 10.2. The summed E-state index contributed by atoms with van der Waals surface area (Å²) in [6.07, 6.45) is 4.42. The number of aromatic nitrogens is 6. The van der Waals surface area contributed by atoms with Gasteiger partial charge >= 0.3 is 0 Å².